The van der Waals surface area contributed by atoms with Crippen LogP contribution < -0.4 is 5.32 Å². The van der Waals surface area contributed by atoms with Crippen molar-refractivity contribution in [2.75, 3.05) is 7.05 Å². The fourth-order valence-corrected chi connectivity index (χ4v) is 3.24. The van der Waals surface area contributed by atoms with Crippen LogP contribution in [-0.4, -0.2) is 7.05 Å². The molecule has 0 radical (unpaired) electrons. The summed E-state index contributed by atoms with van der Waals surface area (Å²) in [5, 5.41) is 3.08. The predicted molar refractivity (Wildman–Crippen MR) is 89.1 cm³/mol. The molecule has 6 heteroatoms. The highest BCUT2D eigenvalue weighted by molar-refractivity contribution is 14.1. The van der Waals surface area contributed by atoms with Gasteiger partial charge in [0.2, 0.25) is 0 Å². The lowest BCUT2D eigenvalue weighted by atomic mass is 9.98. The highest BCUT2D eigenvalue weighted by atomic mass is 127. The average molecular weight is 472 g/mol. The van der Waals surface area contributed by atoms with E-state index in [1.807, 2.05) is 22.6 Å². The van der Waals surface area contributed by atoms with Crippen LogP contribution in [0, 0.1) is 15.2 Å². The molecule has 2 aromatic rings. The van der Waals surface area contributed by atoms with Crippen LogP contribution in [0.25, 0.3) is 0 Å². The topological polar surface area (TPSA) is 12.0 Å². The minimum Gasteiger partial charge on any atom is -0.309 e. The molecule has 0 fully saturated rings. The van der Waals surface area contributed by atoms with Crippen LogP contribution in [0.1, 0.15) is 17.2 Å². The smallest absolute Gasteiger partial charge is 0.148 e. The van der Waals surface area contributed by atoms with Gasteiger partial charge in [0.15, 0.2) is 0 Å². The largest absolute Gasteiger partial charge is 0.309 e. The van der Waals surface area contributed by atoms with Gasteiger partial charge in [0.05, 0.1) is 11.1 Å². The number of benzene rings is 2. The minimum absolute atomic E-state index is 0.0415. The maximum absolute atomic E-state index is 14.3. The molecule has 2 rings (SSSR count). The summed E-state index contributed by atoms with van der Waals surface area (Å²) in [5.74, 6) is -0.803. The zero-order valence-electron chi connectivity index (χ0n) is 10.4. The zero-order valence-corrected chi connectivity index (χ0v) is 14.9. The van der Waals surface area contributed by atoms with Crippen molar-refractivity contribution in [3.63, 3.8) is 0 Å². The summed E-state index contributed by atoms with van der Waals surface area (Å²) in [7, 11) is 1.72. The minimum atomic E-state index is -0.486. The first-order chi connectivity index (χ1) is 9.45. The van der Waals surface area contributed by atoms with E-state index in [0.717, 1.165) is 9.13 Å². The molecule has 20 heavy (non-hydrogen) atoms. The van der Waals surface area contributed by atoms with Gasteiger partial charge in [0, 0.05) is 13.6 Å². The Labute approximate surface area is 143 Å². The van der Waals surface area contributed by atoms with Crippen molar-refractivity contribution in [3.8, 4) is 0 Å². The Kier molecular flexibility index (Phi) is 5.39. The third kappa shape index (κ3) is 3.16. The van der Waals surface area contributed by atoms with Crippen molar-refractivity contribution in [2.45, 2.75) is 6.04 Å². The van der Waals surface area contributed by atoms with Gasteiger partial charge >= 0.3 is 0 Å². The van der Waals surface area contributed by atoms with E-state index in [-0.39, 0.29) is 10.8 Å². The second-order valence-electron chi connectivity index (χ2n) is 4.15. The molecule has 0 heterocycles. The molecule has 0 saturated heterocycles. The molecular weight excluding hydrogens is 462 g/mol. The molecule has 0 aliphatic carbocycles. The predicted octanol–water partition coefficient (Wildman–Crippen LogP) is 5.29. The van der Waals surface area contributed by atoms with Crippen LogP contribution in [0.4, 0.5) is 8.78 Å². The van der Waals surface area contributed by atoms with Crippen molar-refractivity contribution in [1.82, 2.24) is 5.32 Å². The van der Waals surface area contributed by atoms with Gasteiger partial charge in [-0.3, -0.25) is 0 Å². The first-order valence-corrected chi connectivity index (χ1v) is 7.96. The van der Waals surface area contributed by atoms with E-state index < -0.39 is 11.9 Å². The Balaban J connectivity index is 2.55. The van der Waals surface area contributed by atoms with Gasteiger partial charge in [-0.05, 0) is 69.3 Å². The van der Waals surface area contributed by atoms with Crippen LogP contribution in [0.5, 0.6) is 0 Å². The molecule has 1 atom stereocenters. The number of rotatable bonds is 3. The fraction of sp³-hybridized carbons (Fsp3) is 0.143. The maximum atomic E-state index is 14.3. The Hall–Kier alpha value is -0.240. The van der Waals surface area contributed by atoms with Crippen molar-refractivity contribution >= 4 is 50.1 Å². The molecule has 1 nitrogen and oxygen atoms in total. The summed E-state index contributed by atoms with van der Waals surface area (Å²) in [6.45, 7) is 0. The molecule has 1 N–H and O–H groups in total. The van der Waals surface area contributed by atoms with E-state index in [2.05, 4.69) is 21.2 Å². The number of nitrogens with one attached hydrogen (secondary N) is 1. The number of hydrogen-bond acceptors (Lipinski definition) is 1. The summed E-state index contributed by atoms with van der Waals surface area (Å²) < 4.78 is 28.7. The van der Waals surface area contributed by atoms with Crippen LogP contribution in [0.15, 0.2) is 34.8 Å². The third-order valence-corrected chi connectivity index (χ3v) is 5.13. The van der Waals surface area contributed by atoms with Crippen molar-refractivity contribution in [3.05, 3.63) is 66.2 Å². The molecule has 0 aliphatic rings. The third-order valence-electron chi connectivity index (χ3n) is 2.94. The highest BCUT2D eigenvalue weighted by Crippen LogP contribution is 2.34. The van der Waals surface area contributed by atoms with Crippen molar-refractivity contribution in [2.24, 2.45) is 0 Å². The molecule has 0 amide bonds. The molecule has 1 unspecified atom stereocenters. The monoisotopic (exact) mass is 471 g/mol. The van der Waals surface area contributed by atoms with Gasteiger partial charge < -0.3 is 5.32 Å². The lowest BCUT2D eigenvalue weighted by molar-refractivity contribution is 0.573. The standard InChI is InChI=1S/C14H10BrClF2IN/c1-20-14(8-3-2-7(17)6-11(8)19)9-4-5-10(15)12(16)13(9)18/h2-6,14,20H,1H3. The van der Waals surface area contributed by atoms with E-state index in [0.29, 0.717) is 10.0 Å². The SMILES string of the molecule is CNC(c1ccc(F)cc1I)c1ccc(Br)c(Cl)c1F. The van der Waals surface area contributed by atoms with E-state index >= 15 is 0 Å². The van der Waals surface area contributed by atoms with Gasteiger partial charge in [-0.15, -0.1) is 0 Å². The molecule has 0 spiro atoms. The summed E-state index contributed by atoms with van der Waals surface area (Å²) in [4.78, 5) is 0. The molecule has 106 valence electrons. The average Bonchev–Trinajstić information content (AvgIpc) is 2.41. The second kappa shape index (κ2) is 6.68. The van der Waals surface area contributed by atoms with E-state index in [1.54, 1.807) is 25.2 Å². The zero-order chi connectivity index (χ0) is 14.9. The Morgan fingerprint density at radius 1 is 1.20 bits per heavy atom. The van der Waals surface area contributed by atoms with Gasteiger partial charge in [-0.2, -0.15) is 0 Å². The lowest BCUT2D eigenvalue weighted by Crippen LogP contribution is -2.20. The molecule has 0 saturated carbocycles. The van der Waals surface area contributed by atoms with Gasteiger partial charge in [0.25, 0.3) is 0 Å². The number of hydrogen-bond donors (Lipinski definition) is 1. The first-order valence-electron chi connectivity index (χ1n) is 5.71. The normalized spacial score (nSPS) is 12.5. The van der Waals surface area contributed by atoms with Crippen LogP contribution in [-0.2, 0) is 0 Å². The van der Waals surface area contributed by atoms with E-state index in [1.165, 1.54) is 12.1 Å². The molecule has 0 bridgehead atoms. The lowest BCUT2D eigenvalue weighted by Gasteiger charge is -2.20. The first kappa shape index (κ1) is 16.1. The summed E-state index contributed by atoms with van der Waals surface area (Å²) in [5.41, 5.74) is 1.22. The van der Waals surface area contributed by atoms with Crippen LogP contribution >= 0.6 is 50.1 Å². The molecular formula is C14H10BrClF2IN. The molecule has 0 aliphatic heterocycles. The van der Waals surface area contributed by atoms with Crippen LogP contribution in [0.3, 0.4) is 0 Å². The van der Waals surface area contributed by atoms with Gasteiger partial charge in [0.1, 0.15) is 11.6 Å². The molecule has 0 aromatic heterocycles. The van der Waals surface area contributed by atoms with Gasteiger partial charge in [-0.25, -0.2) is 8.78 Å². The molecule has 2 aromatic carbocycles. The summed E-state index contributed by atoms with van der Waals surface area (Å²) in [6, 6.07) is 7.38. The van der Waals surface area contributed by atoms with Crippen LogP contribution in [0.2, 0.25) is 5.02 Å². The van der Waals surface area contributed by atoms with Crippen molar-refractivity contribution in [1.29, 1.82) is 0 Å². The maximum Gasteiger partial charge on any atom is 0.148 e. The highest BCUT2D eigenvalue weighted by Gasteiger charge is 2.21. The summed E-state index contributed by atoms with van der Waals surface area (Å²) >= 11 is 11.1. The van der Waals surface area contributed by atoms with E-state index in [4.69, 9.17) is 11.6 Å². The fourth-order valence-electron chi connectivity index (χ4n) is 1.98. The Bertz CT molecular complexity index is 651. The Morgan fingerprint density at radius 2 is 1.85 bits per heavy atom. The Morgan fingerprint density at radius 3 is 2.45 bits per heavy atom. The van der Waals surface area contributed by atoms with E-state index in [9.17, 15) is 8.78 Å². The van der Waals surface area contributed by atoms with Gasteiger partial charge in [-0.1, -0.05) is 23.7 Å². The summed E-state index contributed by atoms with van der Waals surface area (Å²) in [6.07, 6.45) is 0. The second-order valence-corrected chi connectivity index (χ2v) is 6.55. The number of halogens is 5. The van der Waals surface area contributed by atoms with Crippen molar-refractivity contribution < 1.29 is 8.78 Å². The quantitative estimate of drug-likeness (QED) is 0.473.